The SMILES string of the molecule is CC(C)(C)OC(=O)NC(CC(=O)OCc1ccccc1)C(=O)c1ccccc1. The average molecular weight is 383 g/mol. The third-order valence-electron chi connectivity index (χ3n) is 3.68. The first-order valence-corrected chi connectivity index (χ1v) is 9.03. The first-order valence-electron chi connectivity index (χ1n) is 9.03. The maximum atomic E-state index is 12.8. The lowest BCUT2D eigenvalue weighted by Crippen LogP contribution is -2.44. The molecule has 0 radical (unpaired) electrons. The predicted molar refractivity (Wildman–Crippen MR) is 105 cm³/mol. The number of carbonyl (C=O) groups is 3. The van der Waals surface area contributed by atoms with Crippen molar-refractivity contribution in [3.05, 3.63) is 71.8 Å². The van der Waals surface area contributed by atoms with Crippen LogP contribution in [0.1, 0.15) is 43.1 Å². The van der Waals surface area contributed by atoms with Gasteiger partial charge in [0.25, 0.3) is 0 Å². The van der Waals surface area contributed by atoms with Crippen LogP contribution in [0, 0.1) is 0 Å². The summed E-state index contributed by atoms with van der Waals surface area (Å²) in [6.07, 6.45) is -1.06. The molecule has 2 rings (SSSR count). The highest BCUT2D eigenvalue weighted by Gasteiger charge is 2.28. The number of rotatable bonds is 7. The van der Waals surface area contributed by atoms with Gasteiger partial charge in [-0.15, -0.1) is 0 Å². The number of carbonyl (C=O) groups excluding carboxylic acids is 3. The zero-order valence-corrected chi connectivity index (χ0v) is 16.3. The van der Waals surface area contributed by atoms with Crippen LogP contribution in [0.2, 0.25) is 0 Å². The van der Waals surface area contributed by atoms with Crippen LogP contribution < -0.4 is 5.32 Å². The highest BCUT2D eigenvalue weighted by molar-refractivity contribution is 6.03. The molecule has 0 saturated heterocycles. The van der Waals surface area contributed by atoms with Gasteiger partial charge in [0.2, 0.25) is 0 Å². The summed E-state index contributed by atoms with van der Waals surface area (Å²) in [7, 11) is 0. The Morgan fingerprint density at radius 2 is 1.50 bits per heavy atom. The van der Waals surface area contributed by atoms with Gasteiger partial charge in [-0.3, -0.25) is 9.59 Å². The molecule has 2 aromatic rings. The smallest absolute Gasteiger partial charge is 0.408 e. The number of ketones is 1. The van der Waals surface area contributed by atoms with E-state index in [0.29, 0.717) is 5.56 Å². The lowest BCUT2D eigenvalue weighted by atomic mass is 10.0. The molecular weight excluding hydrogens is 358 g/mol. The number of esters is 1. The van der Waals surface area contributed by atoms with Crippen molar-refractivity contribution in [3.8, 4) is 0 Å². The van der Waals surface area contributed by atoms with Crippen molar-refractivity contribution in [1.29, 1.82) is 0 Å². The monoisotopic (exact) mass is 383 g/mol. The van der Waals surface area contributed by atoms with Crippen LogP contribution in [0.3, 0.4) is 0 Å². The molecular formula is C22H25NO5. The second-order valence-electron chi connectivity index (χ2n) is 7.28. The number of hydrogen-bond donors (Lipinski definition) is 1. The number of ether oxygens (including phenoxy) is 2. The van der Waals surface area contributed by atoms with E-state index in [0.717, 1.165) is 5.56 Å². The standard InChI is InChI=1S/C22H25NO5/c1-22(2,3)28-21(26)23-18(20(25)17-12-8-5-9-13-17)14-19(24)27-15-16-10-6-4-7-11-16/h4-13,18H,14-15H2,1-3H3,(H,23,26). The Hall–Kier alpha value is -3.15. The van der Waals surface area contributed by atoms with Crippen LogP contribution in [0.5, 0.6) is 0 Å². The number of alkyl carbamates (subject to hydrolysis) is 1. The normalized spacial score (nSPS) is 12.0. The Bertz CT molecular complexity index is 797. The van der Waals surface area contributed by atoms with Gasteiger partial charge in [-0.05, 0) is 26.3 Å². The fraction of sp³-hybridized carbons (Fsp3) is 0.318. The Labute approximate surface area is 164 Å². The quantitative estimate of drug-likeness (QED) is 0.579. The predicted octanol–water partition coefficient (Wildman–Crippen LogP) is 3.90. The fourth-order valence-corrected chi connectivity index (χ4v) is 2.43. The van der Waals surface area contributed by atoms with Gasteiger partial charge in [0.05, 0.1) is 6.42 Å². The van der Waals surface area contributed by atoms with Crippen molar-refractivity contribution in [2.45, 2.75) is 45.4 Å². The van der Waals surface area contributed by atoms with Crippen LogP contribution in [0.4, 0.5) is 4.79 Å². The molecule has 1 N–H and O–H groups in total. The van der Waals surface area contributed by atoms with E-state index in [4.69, 9.17) is 9.47 Å². The molecule has 1 atom stereocenters. The summed E-state index contributed by atoms with van der Waals surface area (Å²) >= 11 is 0. The molecule has 0 heterocycles. The van der Waals surface area contributed by atoms with Crippen molar-refractivity contribution in [3.63, 3.8) is 0 Å². The summed E-state index contributed by atoms with van der Waals surface area (Å²) < 4.78 is 10.5. The highest BCUT2D eigenvalue weighted by atomic mass is 16.6. The molecule has 1 unspecified atom stereocenters. The van der Waals surface area contributed by atoms with Crippen LogP contribution in [0.25, 0.3) is 0 Å². The van der Waals surface area contributed by atoms with Crippen molar-refractivity contribution in [2.75, 3.05) is 0 Å². The largest absolute Gasteiger partial charge is 0.461 e. The van der Waals surface area contributed by atoms with E-state index < -0.39 is 23.7 Å². The molecule has 28 heavy (non-hydrogen) atoms. The van der Waals surface area contributed by atoms with Crippen molar-refractivity contribution >= 4 is 17.8 Å². The fourth-order valence-electron chi connectivity index (χ4n) is 2.43. The highest BCUT2D eigenvalue weighted by Crippen LogP contribution is 2.11. The Balaban J connectivity index is 2.05. The van der Waals surface area contributed by atoms with Crippen molar-refractivity contribution < 1.29 is 23.9 Å². The molecule has 0 fully saturated rings. The van der Waals surface area contributed by atoms with Crippen LogP contribution >= 0.6 is 0 Å². The third kappa shape index (κ3) is 7.23. The first kappa shape index (κ1) is 21.2. The lowest BCUT2D eigenvalue weighted by molar-refractivity contribution is -0.145. The Morgan fingerprint density at radius 3 is 2.07 bits per heavy atom. The molecule has 1 amide bonds. The van der Waals surface area contributed by atoms with Gasteiger partial charge in [-0.25, -0.2) is 4.79 Å². The second-order valence-corrected chi connectivity index (χ2v) is 7.28. The van der Waals surface area contributed by atoms with Gasteiger partial charge in [0, 0.05) is 5.56 Å². The number of benzene rings is 2. The summed E-state index contributed by atoms with van der Waals surface area (Å²) in [6.45, 7) is 5.25. The summed E-state index contributed by atoms with van der Waals surface area (Å²) in [5.41, 5.74) is 0.499. The van der Waals surface area contributed by atoms with Gasteiger partial charge in [0.15, 0.2) is 5.78 Å². The van der Waals surface area contributed by atoms with E-state index in [2.05, 4.69) is 5.32 Å². The van der Waals surface area contributed by atoms with E-state index in [1.165, 1.54) is 0 Å². The number of hydrogen-bond acceptors (Lipinski definition) is 5. The van der Waals surface area contributed by atoms with Crippen LogP contribution in [-0.4, -0.2) is 29.5 Å². The van der Waals surface area contributed by atoms with Gasteiger partial charge < -0.3 is 14.8 Å². The second kappa shape index (κ2) is 9.69. The van der Waals surface area contributed by atoms with Gasteiger partial charge in [-0.1, -0.05) is 60.7 Å². The molecule has 6 heteroatoms. The molecule has 0 aromatic heterocycles. The minimum atomic E-state index is -1.08. The summed E-state index contributed by atoms with van der Waals surface area (Å²) in [5.74, 6) is -0.975. The van der Waals surface area contributed by atoms with E-state index in [1.54, 1.807) is 51.1 Å². The lowest BCUT2D eigenvalue weighted by Gasteiger charge is -2.23. The van der Waals surface area contributed by atoms with E-state index >= 15 is 0 Å². The van der Waals surface area contributed by atoms with Crippen LogP contribution in [0.15, 0.2) is 60.7 Å². The molecule has 0 aliphatic heterocycles. The van der Waals surface area contributed by atoms with Gasteiger partial charge in [0.1, 0.15) is 18.2 Å². The number of Topliss-reactive ketones (excluding diaryl/α,β-unsaturated/α-hetero) is 1. The molecule has 0 aliphatic carbocycles. The summed E-state index contributed by atoms with van der Waals surface area (Å²) in [5, 5.41) is 2.49. The number of nitrogens with one attached hydrogen (secondary N) is 1. The van der Waals surface area contributed by atoms with E-state index in [-0.39, 0.29) is 18.8 Å². The maximum absolute atomic E-state index is 12.8. The molecule has 0 aliphatic rings. The van der Waals surface area contributed by atoms with Crippen molar-refractivity contribution in [2.24, 2.45) is 0 Å². The average Bonchev–Trinajstić information content (AvgIpc) is 2.65. The Kier molecular flexibility index (Phi) is 7.32. The maximum Gasteiger partial charge on any atom is 0.408 e. The van der Waals surface area contributed by atoms with E-state index in [9.17, 15) is 14.4 Å². The Morgan fingerprint density at radius 1 is 0.929 bits per heavy atom. The molecule has 148 valence electrons. The zero-order valence-electron chi connectivity index (χ0n) is 16.3. The summed E-state index contributed by atoms with van der Waals surface area (Å²) in [6, 6.07) is 16.6. The first-order chi connectivity index (χ1) is 13.2. The third-order valence-corrected chi connectivity index (χ3v) is 3.68. The minimum absolute atomic E-state index is 0.0956. The summed E-state index contributed by atoms with van der Waals surface area (Å²) in [4.78, 5) is 37.2. The number of amides is 1. The van der Waals surface area contributed by atoms with E-state index in [1.807, 2.05) is 30.3 Å². The molecule has 6 nitrogen and oxygen atoms in total. The van der Waals surface area contributed by atoms with Gasteiger partial charge in [-0.2, -0.15) is 0 Å². The molecule has 2 aromatic carbocycles. The molecule has 0 saturated carbocycles. The van der Waals surface area contributed by atoms with Crippen molar-refractivity contribution in [1.82, 2.24) is 5.32 Å². The van der Waals surface area contributed by atoms with Crippen LogP contribution in [-0.2, 0) is 20.9 Å². The topological polar surface area (TPSA) is 81.7 Å². The minimum Gasteiger partial charge on any atom is -0.461 e. The zero-order chi connectivity index (χ0) is 20.6. The molecule has 0 bridgehead atoms. The molecule has 0 spiro atoms. The van der Waals surface area contributed by atoms with Gasteiger partial charge >= 0.3 is 12.1 Å².